The zero-order valence-electron chi connectivity index (χ0n) is 12.0. The third-order valence-corrected chi connectivity index (χ3v) is 5.05. The second-order valence-electron chi connectivity index (χ2n) is 5.51. The third kappa shape index (κ3) is 3.34. The van der Waals surface area contributed by atoms with Gasteiger partial charge in [0.1, 0.15) is 0 Å². The lowest BCUT2D eigenvalue weighted by molar-refractivity contribution is -0.133. The van der Waals surface area contributed by atoms with Crippen molar-refractivity contribution < 1.29 is 4.79 Å². The maximum absolute atomic E-state index is 12.5. The van der Waals surface area contributed by atoms with Crippen LogP contribution in [0.25, 0.3) is 0 Å². The molecule has 1 aromatic carbocycles. The van der Waals surface area contributed by atoms with E-state index in [4.69, 9.17) is 5.73 Å². The molecule has 1 atom stereocenters. The Labute approximate surface area is 129 Å². The molecule has 0 spiro atoms. The van der Waals surface area contributed by atoms with E-state index in [1.165, 1.54) is 16.0 Å². The zero-order valence-corrected chi connectivity index (χ0v) is 12.8. The summed E-state index contributed by atoms with van der Waals surface area (Å²) in [7, 11) is 0. The molecule has 0 aliphatic carbocycles. The minimum absolute atomic E-state index is 0.0859. The van der Waals surface area contributed by atoms with Crippen LogP contribution in [0, 0.1) is 0 Å². The summed E-state index contributed by atoms with van der Waals surface area (Å²) in [5.41, 5.74) is 8.63. The second kappa shape index (κ2) is 6.41. The summed E-state index contributed by atoms with van der Waals surface area (Å²) in [4.78, 5) is 15.8. The molecule has 1 amide bonds. The number of thiophene rings is 1. The maximum atomic E-state index is 12.5. The number of amides is 1. The average molecular weight is 300 g/mol. The van der Waals surface area contributed by atoms with E-state index >= 15 is 0 Å². The van der Waals surface area contributed by atoms with E-state index in [1.807, 2.05) is 23.1 Å². The lowest BCUT2D eigenvalue weighted by Crippen LogP contribution is -2.45. The molecular formula is C17H20N2OS. The number of benzene rings is 1. The number of rotatable bonds is 4. The van der Waals surface area contributed by atoms with E-state index in [0.29, 0.717) is 6.42 Å². The molecule has 3 nitrogen and oxygen atoms in total. The molecule has 0 bridgehead atoms. The number of nitrogens with two attached hydrogens (primary N) is 1. The van der Waals surface area contributed by atoms with Crippen LogP contribution in [0.3, 0.4) is 0 Å². The standard InChI is InChI=1S/C17H20N2OS/c18-15(7-6-13-4-2-1-3-5-13)17(20)19-10-8-16-14(12-19)9-11-21-16/h1-5,9,11,15H,6-8,10,12,18H2. The Kier molecular flexibility index (Phi) is 4.36. The molecule has 0 fully saturated rings. The summed E-state index contributed by atoms with van der Waals surface area (Å²) in [5.74, 6) is 0.0859. The summed E-state index contributed by atoms with van der Waals surface area (Å²) < 4.78 is 0. The van der Waals surface area contributed by atoms with Crippen LogP contribution in [-0.4, -0.2) is 23.4 Å². The lowest BCUT2D eigenvalue weighted by Gasteiger charge is -2.29. The van der Waals surface area contributed by atoms with Gasteiger partial charge in [-0.1, -0.05) is 30.3 Å². The van der Waals surface area contributed by atoms with Gasteiger partial charge in [-0.15, -0.1) is 11.3 Å². The monoisotopic (exact) mass is 300 g/mol. The van der Waals surface area contributed by atoms with Gasteiger partial charge < -0.3 is 10.6 Å². The highest BCUT2D eigenvalue weighted by atomic mass is 32.1. The SMILES string of the molecule is NC(CCc1ccccc1)C(=O)N1CCc2sccc2C1. The highest BCUT2D eigenvalue weighted by Gasteiger charge is 2.25. The molecule has 1 aliphatic heterocycles. The number of aryl methyl sites for hydroxylation is 1. The van der Waals surface area contributed by atoms with Crippen LogP contribution in [-0.2, 0) is 24.2 Å². The van der Waals surface area contributed by atoms with E-state index in [-0.39, 0.29) is 5.91 Å². The number of hydrogen-bond donors (Lipinski definition) is 1. The summed E-state index contributed by atoms with van der Waals surface area (Å²) in [6, 6.07) is 11.9. The quantitative estimate of drug-likeness (QED) is 0.943. The van der Waals surface area contributed by atoms with E-state index < -0.39 is 6.04 Å². The second-order valence-corrected chi connectivity index (χ2v) is 6.51. The Hall–Kier alpha value is -1.65. The van der Waals surface area contributed by atoms with E-state index in [1.54, 1.807) is 11.3 Å². The van der Waals surface area contributed by atoms with E-state index in [9.17, 15) is 4.79 Å². The van der Waals surface area contributed by atoms with Crippen LogP contribution >= 0.6 is 11.3 Å². The minimum Gasteiger partial charge on any atom is -0.337 e. The summed E-state index contributed by atoms with van der Waals surface area (Å²) >= 11 is 1.79. The van der Waals surface area contributed by atoms with Crippen molar-refractivity contribution in [3.63, 3.8) is 0 Å². The first-order valence-corrected chi connectivity index (χ1v) is 8.25. The Morgan fingerprint density at radius 1 is 1.29 bits per heavy atom. The lowest BCUT2D eigenvalue weighted by atomic mass is 10.0. The predicted molar refractivity (Wildman–Crippen MR) is 86.2 cm³/mol. The van der Waals surface area contributed by atoms with Crippen molar-refractivity contribution in [2.75, 3.05) is 6.54 Å². The largest absolute Gasteiger partial charge is 0.337 e. The van der Waals surface area contributed by atoms with Crippen molar-refractivity contribution in [3.8, 4) is 0 Å². The first-order chi connectivity index (χ1) is 10.2. The Bertz CT molecular complexity index is 608. The normalized spacial score (nSPS) is 15.6. The minimum atomic E-state index is -0.398. The van der Waals surface area contributed by atoms with Crippen LogP contribution in [0.2, 0.25) is 0 Å². The molecular weight excluding hydrogens is 280 g/mol. The molecule has 21 heavy (non-hydrogen) atoms. The fourth-order valence-electron chi connectivity index (χ4n) is 2.76. The van der Waals surface area contributed by atoms with Crippen LogP contribution in [0.15, 0.2) is 41.8 Å². The predicted octanol–water partition coefficient (Wildman–Crippen LogP) is 2.59. The molecule has 2 heterocycles. The molecule has 0 saturated carbocycles. The number of carbonyl (C=O) groups is 1. The van der Waals surface area contributed by atoms with Gasteiger partial charge in [0.05, 0.1) is 6.04 Å². The number of carbonyl (C=O) groups excluding carboxylic acids is 1. The molecule has 4 heteroatoms. The fourth-order valence-corrected chi connectivity index (χ4v) is 3.65. The first kappa shape index (κ1) is 14.3. The van der Waals surface area contributed by atoms with Crippen LogP contribution < -0.4 is 5.73 Å². The molecule has 2 aromatic rings. The first-order valence-electron chi connectivity index (χ1n) is 7.37. The molecule has 1 unspecified atom stereocenters. The smallest absolute Gasteiger partial charge is 0.239 e. The molecule has 3 rings (SSSR count). The number of fused-ring (bicyclic) bond motifs is 1. The van der Waals surface area contributed by atoms with Gasteiger partial charge >= 0.3 is 0 Å². The van der Waals surface area contributed by atoms with Gasteiger partial charge in [-0.25, -0.2) is 0 Å². The van der Waals surface area contributed by atoms with Gasteiger partial charge in [-0.05, 0) is 41.8 Å². The molecule has 0 saturated heterocycles. The molecule has 1 aromatic heterocycles. The third-order valence-electron chi connectivity index (χ3n) is 4.02. The Morgan fingerprint density at radius 3 is 2.90 bits per heavy atom. The van der Waals surface area contributed by atoms with Gasteiger partial charge in [-0.2, -0.15) is 0 Å². The molecule has 0 radical (unpaired) electrons. The maximum Gasteiger partial charge on any atom is 0.239 e. The van der Waals surface area contributed by atoms with Crippen molar-refractivity contribution in [1.82, 2.24) is 4.90 Å². The Balaban J connectivity index is 1.55. The Morgan fingerprint density at radius 2 is 2.10 bits per heavy atom. The van der Waals surface area contributed by atoms with Crippen molar-refractivity contribution in [1.29, 1.82) is 0 Å². The highest BCUT2D eigenvalue weighted by Crippen LogP contribution is 2.24. The topological polar surface area (TPSA) is 46.3 Å². The van der Waals surface area contributed by atoms with Gasteiger partial charge in [0.25, 0.3) is 0 Å². The molecule has 1 aliphatic rings. The molecule has 2 N–H and O–H groups in total. The number of nitrogens with zero attached hydrogens (tertiary/aromatic N) is 1. The van der Waals surface area contributed by atoms with Gasteiger partial charge in [0.2, 0.25) is 5.91 Å². The van der Waals surface area contributed by atoms with Gasteiger partial charge in [-0.3, -0.25) is 4.79 Å². The van der Waals surface area contributed by atoms with Gasteiger partial charge in [0, 0.05) is 18.0 Å². The van der Waals surface area contributed by atoms with E-state index in [2.05, 4.69) is 23.6 Å². The summed E-state index contributed by atoms with van der Waals surface area (Å²) in [6.45, 7) is 1.52. The zero-order chi connectivity index (χ0) is 14.7. The van der Waals surface area contributed by atoms with Crippen LogP contribution in [0.4, 0.5) is 0 Å². The van der Waals surface area contributed by atoms with E-state index in [0.717, 1.165) is 25.9 Å². The van der Waals surface area contributed by atoms with Crippen molar-refractivity contribution in [3.05, 3.63) is 57.8 Å². The average Bonchev–Trinajstić information content (AvgIpc) is 3.00. The van der Waals surface area contributed by atoms with Crippen molar-refractivity contribution in [2.24, 2.45) is 5.73 Å². The van der Waals surface area contributed by atoms with Crippen molar-refractivity contribution in [2.45, 2.75) is 31.8 Å². The molecule has 110 valence electrons. The van der Waals surface area contributed by atoms with Crippen LogP contribution in [0.1, 0.15) is 22.4 Å². The number of hydrogen-bond acceptors (Lipinski definition) is 3. The summed E-state index contributed by atoms with van der Waals surface area (Å²) in [6.07, 6.45) is 2.52. The highest BCUT2D eigenvalue weighted by molar-refractivity contribution is 7.10. The summed E-state index contributed by atoms with van der Waals surface area (Å²) in [5, 5.41) is 2.11. The van der Waals surface area contributed by atoms with Crippen molar-refractivity contribution >= 4 is 17.2 Å². The van der Waals surface area contributed by atoms with Gasteiger partial charge in [0.15, 0.2) is 0 Å². The van der Waals surface area contributed by atoms with Crippen LogP contribution in [0.5, 0.6) is 0 Å². The fraction of sp³-hybridized carbons (Fsp3) is 0.353.